The van der Waals surface area contributed by atoms with Crippen molar-refractivity contribution < 1.29 is 14.3 Å². The number of nitrogens with one attached hydrogen (secondary N) is 1. The number of amides is 2. The maximum atomic E-state index is 12.7. The van der Waals surface area contributed by atoms with Crippen LogP contribution in [0.15, 0.2) is 48.5 Å². The number of anilines is 2. The maximum absolute atomic E-state index is 12.7. The Hall–Kier alpha value is -3.02. The first kappa shape index (κ1) is 19.7. The van der Waals surface area contributed by atoms with Crippen LogP contribution >= 0.6 is 0 Å². The fourth-order valence-corrected chi connectivity index (χ4v) is 3.47. The number of nitrogens with zero attached hydrogens (tertiary/aromatic N) is 2. The number of methoxy groups -OCH3 is 1. The minimum Gasteiger partial charge on any atom is -0.497 e. The molecule has 0 radical (unpaired) electrons. The standard InChI is InChI=1S/C22H27N3O3/c1-16-11-12-17-7-4-5-10-20(17)25(16)15-22(27)24(2)14-21(26)23-18-8-6-9-19(13-18)28-3/h4-10,13,16H,11-12,14-15H2,1-3H3,(H,23,26)/t16-/m0/s1. The van der Waals surface area contributed by atoms with Gasteiger partial charge in [0.1, 0.15) is 5.75 Å². The van der Waals surface area contributed by atoms with Crippen molar-refractivity contribution in [1.29, 1.82) is 0 Å². The van der Waals surface area contributed by atoms with Crippen LogP contribution in [0.4, 0.5) is 11.4 Å². The highest BCUT2D eigenvalue weighted by molar-refractivity contribution is 5.95. The molecule has 6 heteroatoms. The fraction of sp³-hybridized carbons (Fsp3) is 0.364. The van der Waals surface area contributed by atoms with Gasteiger partial charge in [0.25, 0.3) is 0 Å². The molecule has 3 rings (SSSR count). The number of likely N-dealkylation sites (N-methyl/N-ethyl adjacent to an activating group) is 1. The number of aryl methyl sites for hydroxylation is 1. The van der Waals surface area contributed by atoms with E-state index >= 15 is 0 Å². The van der Waals surface area contributed by atoms with Crippen molar-refractivity contribution in [2.75, 3.05) is 37.5 Å². The van der Waals surface area contributed by atoms with Gasteiger partial charge in [-0.1, -0.05) is 24.3 Å². The Morgan fingerprint density at radius 3 is 2.79 bits per heavy atom. The summed E-state index contributed by atoms with van der Waals surface area (Å²) in [7, 11) is 3.24. The first-order valence-corrected chi connectivity index (χ1v) is 9.50. The summed E-state index contributed by atoms with van der Waals surface area (Å²) in [6.45, 7) is 2.40. The van der Waals surface area contributed by atoms with Gasteiger partial charge in [-0.2, -0.15) is 0 Å². The van der Waals surface area contributed by atoms with Gasteiger partial charge in [0.2, 0.25) is 11.8 Å². The minimum atomic E-state index is -0.240. The number of rotatable bonds is 6. The zero-order chi connectivity index (χ0) is 20.1. The molecule has 2 amide bonds. The van der Waals surface area contributed by atoms with Gasteiger partial charge in [-0.25, -0.2) is 0 Å². The molecule has 1 heterocycles. The highest BCUT2D eigenvalue weighted by Crippen LogP contribution is 2.30. The van der Waals surface area contributed by atoms with Crippen molar-refractivity contribution in [2.45, 2.75) is 25.8 Å². The highest BCUT2D eigenvalue weighted by Gasteiger charge is 2.26. The molecule has 1 aliphatic rings. The summed E-state index contributed by atoms with van der Waals surface area (Å²) in [5.74, 6) is 0.348. The maximum Gasteiger partial charge on any atom is 0.243 e. The molecule has 148 valence electrons. The Labute approximate surface area is 166 Å². The van der Waals surface area contributed by atoms with Crippen LogP contribution in [0.3, 0.4) is 0 Å². The summed E-state index contributed by atoms with van der Waals surface area (Å²) in [6, 6.07) is 15.6. The lowest BCUT2D eigenvalue weighted by molar-refractivity contribution is -0.132. The smallest absolute Gasteiger partial charge is 0.243 e. The molecule has 28 heavy (non-hydrogen) atoms. The number of benzene rings is 2. The summed E-state index contributed by atoms with van der Waals surface area (Å²) >= 11 is 0. The zero-order valence-corrected chi connectivity index (χ0v) is 16.6. The molecule has 2 aromatic carbocycles. The van der Waals surface area contributed by atoms with Crippen molar-refractivity contribution in [3.05, 3.63) is 54.1 Å². The Kier molecular flexibility index (Phi) is 6.19. The summed E-state index contributed by atoms with van der Waals surface area (Å²) in [5.41, 5.74) is 3.03. The van der Waals surface area contributed by atoms with E-state index in [1.165, 1.54) is 10.5 Å². The average molecular weight is 381 g/mol. The van der Waals surface area contributed by atoms with Gasteiger partial charge in [0.15, 0.2) is 0 Å². The topological polar surface area (TPSA) is 61.9 Å². The van der Waals surface area contributed by atoms with Gasteiger partial charge >= 0.3 is 0 Å². The Morgan fingerprint density at radius 1 is 1.21 bits per heavy atom. The lowest BCUT2D eigenvalue weighted by Crippen LogP contribution is -2.46. The second-order valence-corrected chi connectivity index (χ2v) is 7.17. The minimum absolute atomic E-state index is 0.0000884. The number of hydrogen-bond donors (Lipinski definition) is 1. The number of carbonyl (C=O) groups is 2. The Bertz CT molecular complexity index is 852. The van der Waals surface area contributed by atoms with Crippen LogP contribution in [-0.4, -0.2) is 50.0 Å². The van der Waals surface area contributed by atoms with E-state index in [4.69, 9.17) is 4.74 Å². The Balaban J connectivity index is 1.59. The normalized spacial score (nSPS) is 15.5. The van der Waals surface area contributed by atoms with Crippen LogP contribution < -0.4 is 15.0 Å². The Morgan fingerprint density at radius 2 is 2.00 bits per heavy atom. The monoisotopic (exact) mass is 381 g/mol. The van der Waals surface area contributed by atoms with Crippen LogP contribution in [0.2, 0.25) is 0 Å². The molecule has 0 spiro atoms. The summed E-state index contributed by atoms with van der Waals surface area (Å²) in [6.07, 6.45) is 2.05. The van der Waals surface area contributed by atoms with Gasteiger partial charge in [-0.3, -0.25) is 9.59 Å². The van der Waals surface area contributed by atoms with Crippen LogP contribution in [0.5, 0.6) is 5.75 Å². The molecule has 0 aliphatic carbocycles. The number of hydrogen-bond acceptors (Lipinski definition) is 4. The fourth-order valence-electron chi connectivity index (χ4n) is 3.47. The number of carbonyl (C=O) groups excluding carboxylic acids is 2. The summed E-state index contributed by atoms with van der Waals surface area (Å²) in [5, 5.41) is 2.80. The molecule has 0 fully saturated rings. The quantitative estimate of drug-likeness (QED) is 0.836. The van der Waals surface area contributed by atoms with Gasteiger partial charge in [-0.15, -0.1) is 0 Å². The lowest BCUT2D eigenvalue weighted by atomic mass is 9.96. The van der Waals surface area contributed by atoms with E-state index in [-0.39, 0.29) is 30.9 Å². The van der Waals surface area contributed by atoms with Gasteiger partial charge < -0.3 is 19.9 Å². The molecule has 0 bridgehead atoms. The van der Waals surface area contributed by atoms with Gasteiger partial charge in [0.05, 0.1) is 20.2 Å². The van der Waals surface area contributed by atoms with E-state index in [0.717, 1.165) is 18.5 Å². The van der Waals surface area contributed by atoms with Crippen LogP contribution in [0.1, 0.15) is 18.9 Å². The van der Waals surface area contributed by atoms with E-state index in [1.54, 1.807) is 32.4 Å². The van der Waals surface area contributed by atoms with E-state index in [2.05, 4.69) is 29.3 Å². The lowest BCUT2D eigenvalue weighted by Gasteiger charge is -2.37. The van der Waals surface area contributed by atoms with E-state index in [9.17, 15) is 9.59 Å². The molecule has 0 aromatic heterocycles. The van der Waals surface area contributed by atoms with E-state index < -0.39 is 0 Å². The van der Waals surface area contributed by atoms with Gasteiger partial charge in [-0.05, 0) is 43.5 Å². The largest absolute Gasteiger partial charge is 0.497 e. The molecule has 6 nitrogen and oxygen atoms in total. The third-order valence-corrected chi connectivity index (χ3v) is 5.13. The molecular formula is C22H27N3O3. The number of fused-ring (bicyclic) bond motifs is 1. The van der Waals surface area contributed by atoms with Crippen LogP contribution in [0, 0.1) is 0 Å². The number of para-hydroxylation sites is 1. The van der Waals surface area contributed by atoms with Crippen LogP contribution in [-0.2, 0) is 16.0 Å². The van der Waals surface area contributed by atoms with Gasteiger partial charge in [0, 0.05) is 30.5 Å². The molecule has 0 unspecified atom stereocenters. The summed E-state index contributed by atoms with van der Waals surface area (Å²) < 4.78 is 5.16. The zero-order valence-electron chi connectivity index (χ0n) is 16.6. The van der Waals surface area contributed by atoms with Crippen molar-refractivity contribution in [1.82, 2.24) is 4.90 Å². The summed E-state index contributed by atoms with van der Waals surface area (Å²) in [4.78, 5) is 28.7. The predicted molar refractivity (Wildman–Crippen MR) is 111 cm³/mol. The molecule has 1 atom stereocenters. The molecule has 0 saturated heterocycles. The third kappa shape index (κ3) is 4.63. The molecule has 1 aliphatic heterocycles. The highest BCUT2D eigenvalue weighted by atomic mass is 16.5. The first-order chi connectivity index (χ1) is 13.5. The molecule has 2 aromatic rings. The molecule has 0 saturated carbocycles. The van der Waals surface area contributed by atoms with Crippen molar-refractivity contribution in [2.24, 2.45) is 0 Å². The average Bonchev–Trinajstić information content (AvgIpc) is 2.70. The first-order valence-electron chi connectivity index (χ1n) is 9.50. The van der Waals surface area contributed by atoms with E-state index in [1.807, 2.05) is 18.2 Å². The predicted octanol–water partition coefficient (Wildman–Crippen LogP) is 2.93. The molecular weight excluding hydrogens is 354 g/mol. The van der Waals surface area contributed by atoms with Crippen molar-refractivity contribution in [3.8, 4) is 5.75 Å². The van der Waals surface area contributed by atoms with Crippen LogP contribution in [0.25, 0.3) is 0 Å². The van der Waals surface area contributed by atoms with Crippen molar-refractivity contribution in [3.63, 3.8) is 0 Å². The SMILES string of the molecule is COc1cccc(NC(=O)CN(C)C(=O)CN2c3ccccc3CC[C@@H]2C)c1. The molecule has 1 N–H and O–H groups in total. The second-order valence-electron chi connectivity index (χ2n) is 7.17. The second kappa shape index (κ2) is 8.78. The number of ether oxygens (including phenoxy) is 1. The van der Waals surface area contributed by atoms with Crippen molar-refractivity contribution >= 4 is 23.2 Å². The van der Waals surface area contributed by atoms with E-state index in [0.29, 0.717) is 11.4 Å². The third-order valence-electron chi connectivity index (χ3n) is 5.13.